The topological polar surface area (TPSA) is 100.0 Å². The summed E-state index contributed by atoms with van der Waals surface area (Å²) >= 11 is 0. The molecule has 0 bridgehead atoms. The molecule has 0 radical (unpaired) electrons. The van der Waals surface area contributed by atoms with E-state index in [1.165, 1.54) is 19.1 Å². The Morgan fingerprint density at radius 3 is 2.76 bits per heavy atom. The normalized spacial score (nSPS) is 17.0. The number of nitriles is 1. The molecular weight excluding hydrogens is 389 g/mol. The fourth-order valence-corrected chi connectivity index (χ4v) is 3.07. The average molecular weight is 406 g/mol. The zero-order chi connectivity index (χ0) is 21.2. The lowest BCUT2D eigenvalue weighted by Crippen LogP contribution is -2.27. The van der Waals surface area contributed by atoms with Crippen LogP contribution in [0.1, 0.15) is 29.5 Å². The third-order valence-electron chi connectivity index (χ3n) is 4.62. The van der Waals surface area contributed by atoms with Crippen molar-refractivity contribution in [1.29, 1.82) is 5.26 Å². The van der Waals surface area contributed by atoms with E-state index >= 15 is 0 Å². The van der Waals surface area contributed by atoms with Crippen LogP contribution >= 0.6 is 0 Å². The largest absolute Gasteiger partial charge is 0.493 e. The van der Waals surface area contributed by atoms with Gasteiger partial charge in [-0.1, -0.05) is 6.07 Å². The number of alkyl halides is 3. The summed E-state index contributed by atoms with van der Waals surface area (Å²) in [5.74, 6) is -0.497. The summed E-state index contributed by atoms with van der Waals surface area (Å²) in [7, 11) is 0. The minimum atomic E-state index is -4.54. The molecule has 1 aromatic carbocycles. The van der Waals surface area contributed by atoms with E-state index in [1.807, 2.05) is 6.07 Å². The van der Waals surface area contributed by atoms with Crippen molar-refractivity contribution in [2.75, 3.05) is 6.61 Å². The Hall–Kier alpha value is -3.19. The highest BCUT2D eigenvalue weighted by atomic mass is 19.4. The molecule has 1 atom stereocenters. The lowest BCUT2D eigenvalue weighted by atomic mass is 10.1. The summed E-state index contributed by atoms with van der Waals surface area (Å²) in [6.45, 7) is 1.99. The molecule has 0 spiro atoms. The smallest absolute Gasteiger partial charge is 0.416 e. The molecule has 0 aliphatic carbocycles. The fourth-order valence-electron chi connectivity index (χ4n) is 3.07. The van der Waals surface area contributed by atoms with E-state index in [9.17, 15) is 28.3 Å². The number of pyridine rings is 1. The summed E-state index contributed by atoms with van der Waals surface area (Å²) < 4.78 is 45.0. The number of azo groups is 1. The van der Waals surface area contributed by atoms with Crippen LogP contribution in [0, 0.1) is 18.3 Å². The first-order chi connectivity index (χ1) is 13.7. The first kappa shape index (κ1) is 20.5. The number of ether oxygens (including phenoxy) is 1. The van der Waals surface area contributed by atoms with Crippen molar-refractivity contribution < 1.29 is 23.0 Å². The quantitative estimate of drug-likeness (QED) is 0.763. The van der Waals surface area contributed by atoms with Gasteiger partial charge in [-0.15, -0.1) is 5.11 Å². The maximum absolute atomic E-state index is 12.8. The minimum absolute atomic E-state index is 0.0334. The van der Waals surface area contributed by atoms with Crippen LogP contribution in [0.4, 0.5) is 24.5 Å². The van der Waals surface area contributed by atoms with Gasteiger partial charge in [0.2, 0.25) is 5.88 Å². The highest BCUT2D eigenvalue weighted by Crippen LogP contribution is 2.32. The van der Waals surface area contributed by atoms with Crippen LogP contribution in [0.3, 0.4) is 0 Å². The predicted molar refractivity (Wildman–Crippen MR) is 96.4 cm³/mol. The van der Waals surface area contributed by atoms with Gasteiger partial charge in [-0.05, 0) is 38.0 Å². The van der Waals surface area contributed by atoms with E-state index in [-0.39, 0.29) is 35.2 Å². The number of aromatic nitrogens is 1. The van der Waals surface area contributed by atoms with E-state index in [0.29, 0.717) is 13.0 Å². The van der Waals surface area contributed by atoms with Crippen molar-refractivity contribution in [2.24, 2.45) is 10.2 Å². The molecule has 2 aromatic rings. The van der Waals surface area contributed by atoms with Crippen molar-refractivity contribution in [2.45, 2.75) is 38.6 Å². The molecular formula is C19H17F3N4O3. The van der Waals surface area contributed by atoms with Crippen LogP contribution in [0.25, 0.3) is 0 Å². The van der Waals surface area contributed by atoms with Gasteiger partial charge in [0.1, 0.15) is 11.6 Å². The number of nitrogens with zero attached hydrogens (tertiary/aromatic N) is 4. The van der Waals surface area contributed by atoms with Crippen LogP contribution in [0.5, 0.6) is 5.88 Å². The Morgan fingerprint density at radius 2 is 2.14 bits per heavy atom. The summed E-state index contributed by atoms with van der Waals surface area (Å²) in [5, 5.41) is 27.2. The Labute approximate surface area is 163 Å². The summed E-state index contributed by atoms with van der Waals surface area (Å²) in [6, 6.07) is 6.01. The zero-order valence-electron chi connectivity index (χ0n) is 15.4. The van der Waals surface area contributed by atoms with Gasteiger partial charge in [-0.3, -0.25) is 9.36 Å². The van der Waals surface area contributed by atoms with Crippen LogP contribution in [0.2, 0.25) is 0 Å². The molecule has 3 rings (SSSR count). The summed E-state index contributed by atoms with van der Waals surface area (Å²) in [5.41, 5.74) is -1.99. The second kappa shape index (κ2) is 8.05. The number of aromatic hydroxyl groups is 1. The number of halogens is 3. The van der Waals surface area contributed by atoms with E-state index in [1.54, 1.807) is 0 Å². The van der Waals surface area contributed by atoms with Crippen LogP contribution in [-0.4, -0.2) is 22.4 Å². The van der Waals surface area contributed by atoms with E-state index < -0.39 is 23.2 Å². The van der Waals surface area contributed by atoms with Crippen molar-refractivity contribution in [3.63, 3.8) is 0 Å². The maximum atomic E-state index is 12.8. The first-order valence-electron chi connectivity index (χ1n) is 8.79. The number of rotatable bonds is 4. The first-order valence-corrected chi connectivity index (χ1v) is 8.79. The molecule has 1 saturated heterocycles. The summed E-state index contributed by atoms with van der Waals surface area (Å²) in [4.78, 5) is 12.8. The van der Waals surface area contributed by atoms with Gasteiger partial charge >= 0.3 is 6.18 Å². The molecule has 1 fully saturated rings. The monoisotopic (exact) mass is 406 g/mol. The average Bonchev–Trinajstić information content (AvgIpc) is 3.18. The molecule has 29 heavy (non-hydrogen) atoms. The molecule has 1 N–H and O–H groups in total. The Morgan fingerprint density at radius 1 is 1.38 bits per heavy atom. The van der Waals surface area contributed by atoms with E-state index in [0.717, 1.165) is 23.1 Å². The molecule has 1 aliphatic rings. The van der Waals surface area contributed by atoms with Crippen LogP contribution < -0.4 is 5.56 Å². The predicted octanol–water partition coefficient (Wildman–Crippen LogP) is 4.35. The lowest BCUT2D eigenvalue weighted by molar-refractivity contribution is -0.137. The highest BCUT2D eigenvalue weighted by molar-refractivity contribution is 5.56. The van der Waals surface area contributed by atoms with Gasteiger partial charge in [-0.2, -0.15) is 23.5 Å². The fraction of sp³-hybridized carbons (Fsp3) is 0.368. The molecule has 1 unspecified atom stereocenters. The Kier molecular flexibility index (Phi) is 5.70. The van der Waals surface area contributed by atoms with E-state index in [4.69, 9.17) is 4.74 Å². The summed E-state index contributed by atoms with van der Waals surface area (Å²) in [6.07, 6.45) is -3.31. The zero-order valence-corrected chi connectivity index (χ0v) is 15.4. The minimum Gasteiger partial charge on any atom is -0.493 e. The third kappa shape index (κ3) is 4.30. The number of hydrogen-bond donors (Lipinski definition) is 1. The van der Waals surface area contributed by atoms with Crippen molar-refractivity contribution in [3.8, 4) is 11.9 Å². The van der Waals surface area contributed by atoms with Gasteiger partial charge in [-0.25, -0.2) is 0 Å². The standard InChI is InChI=1S/C19H17F3N4O3/c1-11-15(9-23)17(27)26(10-14-6-3-7-29-14)18(28)16(11)25-24-13-5-2-4-12(8-13)19(20,21)22/h2,4-5,8,14,27H,3,6-7,10H2,1H3. The maximum Gasteiger partial charge on any atom is 0.416 e. The molecule has 0 amide bonds. The highest BCUT2D eigenvalue weighted by Gasteiger charge is 2.30. The van der Waals surface area contributed by atoms with Gasteiger partial charge in [0.25, 0.3) is 5.56 Å². The van der Waals surface area contributed by atoms with Crippen molar-refractivity contribution >= 4 is 11.4 Å². The lowest BCUT2D eigenvalue weighted by Gasteiger charge is -2.16. The molecule has 0 saturated carbocycles. The second-order valence-electron chi connectivity index (χ2n) is 6.58. The van der Waals surface area contributed by atoms with Gasteiger partial charge in [0.15, 0.2) is 5.69 Å². The van der Waals surface area contributed by atoms with E-state index in [2.05, 4.69) is 10.2 Å². The SMILES string of the molecule is Cc1c(C#N)c(O)n(CC2CCCO2)c(=O)c1N=Nc1cccc(C(F)(F)F)c1. The van der Waals surface area contributed by atoms with Gasteiger partial charge < -0.3 is 9.84 Å². The molecule has 152 valence electrons. The van der Waals surface area contributed by atoms with Crippen molar-refractivity contribution in [1.82, 2.24) is 4.57 Å². The van der Waals surface area contributed by atoms with Gasteiger partial charge in [0, 0.05) is 12.2 Å². The second-order valence-corrected chi connectivity index (χ2v) is 6.58. The molecule has 7 nitrogen and oxygen atoms in total. The molecule has 1 aromatic heterocycles. The Bertz CT molecular complexity index is 1050. The number of benzene rings is 1. The molecule has 2 heterocycles. The number of hydrogen-bond acceptors (Lipinski definition) is 6. The Balaban J connectivity index is 2.04. The van der Waals surface area contributed by atoms with Gasteiger partial charge in [0.05, 0.1) is 23.9 Å². The van der Waals surface area contributed by atoms with Crippen LogP contribution in [0.15, 0.2) is 39.3 Å². The van der Waals surface area contributed by atoms with Crippen LogP contribution in [-0.2, 0) is 17.5 Å². The third-order valence-corrected chi connectivity index (χ3v) is 4.62. The molecule has 10 heteroatoms. The molecule has 1 aliphatic heterocycles. The van der Waals surface area contributed by atoms with Crippen molar-refractivity contribution in [3.05, 3.63) is 51.3 Å².